The zero-order valence-electron chi connectivity index (χ0n) is 22.0. The maximum atomic E-state index is 10.7. The number of rotatable bonds is 20. The molecule has 3 N–H and O–H groups in total. The normalized spacial score (nSPS) is 25.8. The summed E-state index contributed by atoms with van der Waals surface area (Å²) in [5.74, 6) is 0.272. The van der Waals surface area contributed by atoms with Gasteiger partial charge in [-0.25, -0.2) is 8.42 Å². The van der Waals surface area contributed by atoms with Crippen LogP contribution in [0.25, 0.3) is 0 Å². The second kappa shape index (κ2) is 20.6. The van der Waals surface area contributed by atoms with Crippen molar-refractivity contribution >= 4 is 10.4 Å². The minimum absolute atomic E-state index is 0. The van der Waals surface area contributed by atoms with Gasteiger partial charge in [0.2, 0.25) is 10.4 Å². The van der Waals surface area contributed by atoms with E-state index in [1.165, 1.54) is 57.8 Å². The van der Waals surface area contributed by atoms with Crippen LogP contribution < -0.4 is 29.6 Å². The fourth-order valence-electron chi connectivity index (χ4n) is 4.31. The summed E-state index contributed by atoms with van der Waals surface area (Å²) < 4.78 is 47.6. The minimum atomic E-state index is -4.98. The van der Waals surface area contributed by atoms with E-state index in [4.69, 9.17) is 9.47 Å². The van der Waals surface area contributed by atoms with Crippen molar-refractivity contribution in [1.82, 2.24) is 0 Å². The van der Waals surface area contributed by atoms with Gasteiger partial charge in [-0.05, 0) is 18.8 Å². The van der Waals surface area contributed by atoms with E-state index in [1.54, 1.807) is 0 Å². The van der Waals surface area contributed by atoms with Gasteiger partial charge in [0.1, 0.15) is 24.4 Å². The third kappa shape index (κ3) is 16.3. The Bertz CT molecular complexity index is 608. The first-order valence-corrected chi connectivity index (χ1v) is 14.4. The molecule has 0 aromatic heterocycles. The van der Waals surface area contributed by atoms with Crippen molar-refractivity contribution < 1.29 is 71.5 Å². The first-order valence-electron chi connectivity index (χ1n) is 13.1. The van der Waals surface area contributed by atoms with Gasteiger partial charge in [0.15, 0.2) is 6.29 Å². The number of ether oxygens (including phenoxy) is 2. The van der Waals surface area contributed by atoms with Crippen molar-refractivity contribution in [3.63, 3.8) is 0 Å². The third-order valence-electron chi connectivity index (χ3n) is 6.47. The average molecular weight is 535 g/mol. The van der Waals surface area contributed by atoms with Crippen molar-refractivity contribution in [3.8, 4) is 0 Å². The quantitative estimate of drug-likeness (QED) is 0.0875. The maximum Gasteiger partial charge on any atom is 1.00 e. The van der Waals surface area contributed by atoms with Crippen LogP contribution in [-0.2, 0) is 24.1 Å². The van der Waals surface area contributed by atoms with Crippen LogP contribution in [0.1, 0.15) is 104 Å². The molecule has 1 heterocycles. The van der Waals surface area contributed by atoms with E-state index in [1.807, 2.05) is 0 Å². The van der Waals surface area contributed by atoms with Crippen LogP contribution in [0.5, 0.6) is 0 Å². The molecule has 1 aliphatic heterocycles. The Hall–Kier alpha value is 0.670. The molecule has 9 nitrogen and oxygen atoms in total. The van der Waals surface area contributed by atoms with Gasteiger partial charge in [0.25, 0.3) is 0 Å². The monoisotopic (exact) mass is 534 g/mol. The molecule has 0 aromatic rings. The number of hydrogen-bond donors (Lipinski definition) is 3. The van der Waals surface area contributed by atoms with E-state index < -0.39 is 47.7 Å². The molecule has 0 saturated carbocycles. The summed E-state index contributed by atoms with van der Waals surface area (Å²) in [7, 11) is -4.98. The summed E-state index contributed by atoms with van der Waals surface area (Å²) >= 11 is 0. The average Bonchev–Trinajstić information content (AvgIpc) is 2.79. The first kappa shape index (κ1) is 35.7. The number of hydrogen-bond acceptors (Lipinski definition) is 9. The molecular weight excluding hydrogens is 487 g/mol. The van der Waals surface area contributed by atoms with Crippen molar-refractivity contribution in [2.45, 2.75) is 134 Å². The molecule has 0 aromatic carbocycles. The molecule has 6 atom stereocenters. The molecule has 0 spiro atoms. The van der Waals surface area contributed by atoms with Gasteiger partial charge < -0.3 is 29.3 Å². The molecule has 1 rings (SSSR count). The van der Waals surface area contributed by atoms with Gasteiger partial charge >= 0.3 is 29.6 Å². The Morgan fingerprint density at radius 2 is 1.29 bits per heavy atom. The second-order valence-corrected chi connectivity index (χ2v) is 10.6. The number of aliphatic hydroxyl groups excluding tert-OH is 3. The van der Waals surface area contributed by atoms with Crippen LogP contribution in [0.15, 0.2) is 0 Å². The Morgan fingerprint density at radius 3 is 1.77 bits per heavy atom. The summed E-state index contributed by atoms with van der Waals surface area (Å²) in [6, 6.07) is 0. The molecule has 204 valence electrons. The molecule has 0 radical (unpaired) electrons. The molecule has 2 unspecified atom stereocenters. The molecule has 11 heteroatoms. The van der Waals surface area contributed by atoms with E-state index in [0.717, 1.165) is 32.1 Å². The predicted molar refractivity (Wildman–Crippen MR) is 128 cm³/mol. The van der Waals surface area contributed by atoms with Crippen LogP contribution in [0.4, 0.5) is 0 Å². The molecule has 0 amide bonds. The summed E-state index contributed by atoms with van der Waals surface area (Å²) in [5, 5.41) is 30.4. The Labute approximate surface area is 234 Å². The standard InChI is InChI=1S/C24H48O9S.Na/c1-3-5-7-9-10-12-14-16-19(15-13-11-8-6-4-2)17-31-24-23(27)22(26)21(25)20(33-24)18-32-34(28,29)30;/h19-27H,3-18H2,1-2H3,(H,28,29,30);/q;+1/p-1/t19?,20-,21-,22+,23-,24?;/m1./s1. The molecule has 35 heavy (non-hydrogen) atoms. The van der Waals surface area contributed by atoms with Crippen LogP contribution in [0.3, 0.4) is 0 Å². The zero-order valence-corrected chi connectivity index (χ0v) is 24.8. The Balaban J connectivity index is 0.0000116. The smallest absolute Gasteiger partial charge is 0.726 e. The SMILES string of the molecule is CCCCCCCCCC(CCCCCCC)COC1O[C@H](COS(=O)(=O)[O-])[C@@H](O)[C@H](O)[C@H]1O.[Na+]. The fraction of sp³-hybridized carbons (Fsp3) is 1.00. The molecule has 1 saturated heterocycles. The van der Waals surface area contributed by atoms with Gasteiger partial charge in [0.05, 0.1) is 13.2 Å². The number of unbranched alkanes of at least 4 members (excludes halogenated alkanes) is 10. The Morgan fingerprint density at radius 1 is 0.800 bits per heavy atom. The van der Waals surface area contributed by atoms with Gasteiger partial charge in [0, 0.05) is 0 Å². The summed E-state index contributed by atoms with van der Waals surface area (Å²) in [5.41, 5.74) is 0. The van der Waals surface area contributed by atoms with Crippen LogP contribution in [0, 0.1) is 5.92 Å². The number of aliphatic hydroxyl groups is 3. The van der Waals surface area contributed by atoms with Gasteiger partial charge in [-0.1, -0.05) is 90.9 Å². The van der Waals surface area contributed by atoms with Crippen LogP contribution in [-0.4, -0.2) is 72.2 Å². The van der Waals surface area contributed by atoms with E-state index in [-0.39, 0.29) is 35.5 Å². The van der Waals surface area contributed by atoms with Crippen molar-refractivity contribution in [2.75, 3.05) is 13.2 Å². The molecule has 0 aliphatic carbocycles. The fourth-order valence-corrected chi connectivity index (χ4v) is 4.61. The van der Waals surface area contributed by atoms with E-state index in [0.29, 0.717) is 6.61 Å². The van der Waals surface area contributed by atoms with Gasteiger partial charge in [-0.2, -0.15) is 0 Å². The first-order chi connectivity index (χ1) is 16.2. The van der Waals surface area contributed by atoms with E-state index in [2.05, 4.69) is 18.0 Å². The molecule has 1 fully saturated rings. The van der Waals surface area contributed by atoms with E-state index in [9.17, 15) is 28.3 Å². The molecule has 1 aliphatic rings. The summed E-state index contributed by atoms with van der Waals surface area (Å²) in [4.78, 5) is 0. The van der Waals surface area contributed by atoms with E-state index >= 15 is 0 Å². The van der Waals surface area contributed by atoms with Crippen molar-refractivity contribution in [1.29, 1.82) is 0 Å². The molecular formula is C24H47NaO9S. The zero-order chi connectivity index (χ0) is 25.4. The minimum Gasteiger partial charge on any atom is -0.726 e. The third-order valence-corrected chi connectivity index (χ3v) is 6.90. The van der Waals surface area contributed by atoms with Gasteiger partial charge in [-0.3, -0.25) is 4.18 Å². The van der Waals surface area contributed by atoms with Crippen LogP contribution in [0.2, 0.25) is 0 Å². The van der Waals surface area contributed by atoms with Crippen LogP contribution >= 0.6 is 0 Å². The van der Waals surface area contributed by atoms with Crippen molar-refractivity contribution in [2.24, 2.45) is 5.92 Å². The summed E-state index contributed by atoms with van der Waals surface area (Å²) in [6.45, 7) is 3.94. The summed E-state index contributed by atoms with van der Waals surface area (Å²) in [6.07, 6.45) is 9.14. The maximum absolute atomic E-state index is 10.7. The second-order valence-electron chi connectivity index (χ2n) is 9.52. The Kier molecular flexibility index (Phi) is 21.0. The predicted octanol–water partition coefficient (Wildman–Crippen LogP) is 0.409. The largest absolute Gasteiger partial charge is 1.00 e. The topological polar surface area (TPSA) is 146 Å². The van der Waals surface area contributed by atoms with Gasteiger partial charge in [-0.15, -0.1) is 0 Å². The van der Waals surface area contributed by atoms with Crippen molar-refractivity contribution in [3.05, 3.63) is 0 Å². The molecule has 0 bridgehead atoms.